The summed E-state index contributed by atoms with van der Waals surface area (Å²) >= 11 is 0. The number of ketones is 1. The molecule has 0 aromatic heterocycles. The quantitative estimate of drug-likeness (QED) is 0.286. The number of benzene rings is 3. The van der Waals surface area contributed by atoms with Crippen molar-refractivity contribution in [1.82, 2.24) is 4.90 Å². The van der Waals surface area contributed by atoms with E-state index >= 15 is 0 Å². The van der Waals surface area contributed by atoms with Gasteiger partial charge >= 0.3 is 0 Å². The second kappa shape index (κ2) is 13.7. The minimum Gasteiger partial charge on any atom is -0.490 e. The predicted octanol–water partition coefficient (Wildman–Crippen LogP) is 5.87. The first-order chi connectivity index (χ1) is 17.8. The number of Topliss-reactive ketones (excluding diaryl/α,β-unsaturated/α-hetero) is 1. The van der Waals surface area contributed by atoms with Crippen LogP contribution < -0.4 is 10.1 Å². The van der Waals surface area contributed by atoms with E-state index in [0.717, 1.165) is 17.5 Å². The van der Waals surface area contributed by atoms with E-state index in [4.69, 9.17) is 4.74 Å². The van der Waals surface area contributed by atoms with Gasteiger partial charge < -0.3 is 15.2 Å². The zero-order valence-electron chi connectivity index (χ0n) is 22.2. The normalized spacial score (nSPS) is 12.1. The van der Waals surface area contributed by atoms with E-state index in [9.17, 15) is 14.7 Å². The molecule has 3 rings (SSSR count). The lowest BCUT2D eigenvalue weighted by atomic mass is 9.95. The number of rotatable bonds is 13. The highest BCUT2D eigenvalue weighted by molar-refractivity contribution is 5.99. The number of aliphatic hydroxyl groups excluding tert-OH is 1. The minimum atomic E-state index is -0.791. The van der Waals surface area contributed by atoms with Gasteiger partial charge in [0.1, 0.15) is 18.5 Å². The minimum absolute atomic E-state index is 0.0291. The van der Waals surface area contributed by atoms with E-state index in [1.54, 1.807) is 18.2 Å². The molecule has 37 heavy (non-hydrogen) atoms. The largest absolute Gasteiger partial charge is 0.490 e. The standard InChI is InChI=1S/C31H38N2O4/c1-5-12-30(36)32-26-17-18-29(28(19-26)23(4)34)37-21-27(35)20-33(22(2)3)31(24-13-8-6-9-14-24)25-15-10-7-11-16-25/h6-11,13-19,22,27,31,35H,5,12,20-21H2,1-4H3,(H,32,36). The summed E-state index contributed by atoms with van der Waals surface area (Å²) in [5.74, 6) is 0.119. The van der Waals surface area contributed by atoms with E-state index in [1.165, 1.54) is 6.92 Å². The first-order valence-electron chi connectivity index (χ1n) is 12.9. The van der Waals surface area contributed by atoms with E-state index in [-0.39, 0.29) is 30.4 Å². The second-order valence-corrected chi connectivity index (χ2v) is 9.54. The number of anilines is 1. The average molecular weight is 503 g/mol. The molecule has 0 radical (unpaired) electrons. The van der Waals surface area contributed by atoms with E-state index in [0.29, 0.717) is 30.0 Å². The molecule has 3 aromatic rings. The van der Waals surface area contributed by atoms with Gasteiger partial charge in [-0.2, -0.15) is 0 Å². The van der Waals surface area contributed by atoms with Crippen LogP contribution in [0.2, 0.25) is 0 Å². The Balaban J connectivity index is 1.76. The molecule has 0 bridgehead atoms. The number of hydrogen-bond acceptors (Lipinski definition) is 5. The maximum absolute atomic E-state index is 12.3. The zero-order valence-corrected chi connectivity index (χ0v) is 22.2. The van der Waals surface area contributed by atoms with Crippen molar-refractivity contribution >= 4 is 17.4 Å². The fourth-order valence-corrected chi connectivity index (χ4v) is 4.40. The van der Waals surface area contributed by atoms with Gasteiger partial charge in [-0.05, 0) is 56.5 Å². The molecular formula is C31H38N2O4. The summed E-state index contributed by atoms with van der Waals surface area (Å²) in [5, 5.41) is 13.8. The van der Waals surface area contributed by atoms with Gasteiger partial charge in [0, 0.05) is 24.7 Å². The average Bonchev–Trinajstić information content (AvgIpc) is 2.88. The molecular weight excluding hydrogens is 464 g/mol. The Labute approximate surface area is 220 Å². The van der Waals surface area contributed by atoms with Crippen molar-refractivity contribution in [3.05, 3.63) is 95.6 Å². The SMILES string of the molecule is CCCC(=O)Nc1ccc(OCC(O)CN(C(C)C)C(c2ccccc2)c2ccccc2)c(C(C)=O)c1. The fourth-order valence-electron chi connectivity index (χ4n) is 4.40. The van der Waals surface area contributed by atoms with Gasteiger partial charge in [-0.15, -0.1) is 0 Å². The second-order valence-electron chi connectivity index (χ2n) is 9.54. The third-order valence-corrected chi connectivity index (χ3v) is 6.20. The first kappa shape index (κ1) is 28.1. The molecule has 0 aliphatic carbocycles. The van der Waals surface area contributed by atoms with Gasteiger partial charge in [0.2, 0.25) is 5.91 Å². The summed E-state index contributed by atoms with van der Waals surface area (Å²) in [6.07, 6.45) is 0.368. The molecule has 196 valence electrons. The molecule has 2 N–H and O–H groups in total. The van der Waals surface area contributed by atoms with Crippen LogP contribution in [0.25, 0.3) is 0 Å². The Morgan fingerprint density at radius 1 is 0.946 bits per heavy atom. The molecule has 0 fully saturated rings. The Morgan fingerprint density at radius 2 is 1.54 bits per heavy atom. The lowest BCUT2D eigenvalue weighted by molar-refractivity contribution is -0.116. The van der Waals surface area contributed by atoms with Crippen LogP contribution in [0.1, 0.15) is 68.1 Å². The smallest absolute Gasteiger partial charge is 0.224 e. The summed E-state index contributed by atoms with van der Waals surface area (Å²) in [6, 6.07) is 25.7. The highest BCUT2D eigenvalue weighted by Gasteiger charge is 2.27. The maximum atomic E-state index is 12.3. The number of ether oxygens (including phenoxy) is 1. The van der Waals surface area contributed by atoms with E-state index in [2.05, 4.69) is 48.3 Å². The van der Waals surface area contributed by atoms with Crippen molar-refractivity contribution in [2.45, 2.75) is 58.7 Å². The molecule has 1 amide bonds. The van der Waals surface area contributed by atoms with Crippen LogP contribution in [0.5, 0.6) is 5.75 Å². The molecule has 1 atom stereocenters. The van der Waals surface area contributed by atoms with E-state index < -0.39 is 6.10 Å². The molecule has 0 aliphatic rings. The Bertz CT molecular complexity index is 1110. The van der Waals surface area contributed by atoms with Crippen molar-refractivity contribution in [3.8, 4) is 5.75 Å². The maximum Gasteiger partial charge on any atom is 0.224 e. The monoisotopic (exact) mass is 502 g/mol. The highest BCUT2D eigenvalue weighted by atomic mass is 16.5. The summed E-state index contributed by atoms with van der Waals surface area (Å²) in [5.41, 5.74) is 3.22. The summed E-state index contributed by atoms with van der Waals surface area (Å²) in [6.45, 7) is 8.04. The number of aliphatic hydroxyl groups is 1. The van der Waals surface area contributed by atoms with E-state index in [1.807, 2.05) is 43.3 Å². The first-order valence-corrected chi connectivity index (χ1v) is 12.9. The molecule has 6 heteroatoms. The van der Waals surface area contributed by atoms with Crippen molar-refractivity contribution in [3.63, 3.8) is 0 Å². The third-order valence-electron chi connectivity index (χ3n) is 6.20. The van der Waals surface area contributed by atoms with Gasteiger partial charge in [0.25, 0.3) is 0 Å². The van der Waals surface area contributed by atoms with Crippen LogP contribution in [-0.2, 0) is 4.79 Å². The Hall–Kier alpha value is -3.48. The fraction of sp³-hybridized carbons (Fsp3) is 0.355. The molecule has 6 nitrogen and oxygen atoms in total. The predicted molar refractivity (Wildman–Crippen MR) is 148 cm³/mol. The topological polar surface area (TPSA) is 78.9 Å². The molecule has 0 aliphatic heterocycles. The zero-order chi connectivity index (χ0) is 26.8. The van der Waals surface area contributed by atoms with Crippen LogP contribution in [0.4, 0.5) is 5.69 Å². The lowest BCUT2D eigenvalue weighted by Crippen LogP contribution is -2.42. The van der Waals surface area contributed by atoms with Crippen LogP contribution in [0, 0.1) is 0 Å². The van der Waals surface area contributed by atoms with Gasteiger partial charge in [0.15, 0.2) is 5.78 Å². The number of nitrogens with zero attached hydrogens (tertiary/aromatic N) is 1. The molecule has 0 spiro atoms. The van der Waals surface area contributed by atoms with Crippen molar-refractivity contribution in [2.75, 3.05) is 18.5 Å². The van der Waals surface area contributed by atoms with Crippen molar-refractivity contribution < 1.29 is 19.4 Å². The summed E-state index contributed by atoms with van der Waals surface area (Å²) < 4.78 is 5.93. The number of hydrogen-bond donors (Lipinski definition) is 2. The number of carbonyl (C=O) groups is 2. The molecule has 1 unspecified atom stereocenters. The summed E-state index contributed by atoms with van der Waals surface area (Å²) in [4.78, 5) is 26.5. The Morgan fingerprint density at radius 3 is 2.05 bits per heavy atom. The highest BCUT2D eigenvalue weighted by Crippen LogP contribution is 2.31. The van der Waals surface area contributed by atoms with Crippen LogP contribution in [0.3, 0.4) is 0 Å². The number of carbonyl (C=O) groups excluding carboxylic acids is 2. The molecule has 3 aromatic carbocycles. The van der Waals surface area contributed by atoms with Gasteiger partial charge in [-0.1, -0.05) is 67.6 Å². The molecule has 0 saturated heterocycles. The lowest BCUT2D eigenvalue weighted by Gasteiger charge is -2.37. The van der Waals surface area contributed by atoms with Crippen LogP contribution in [-0.4, -0.2) is 47.0 Å². The van der Waals surface area contributed by atoms with Gasteiger partial charge in [-0.25, -0.2) is 0 Å². The van der Waals surface area contributed by atoms with Gasteiger partial charge in [0.05, 0.1) is 11.6 Å². The van der Waals surface area contributed by atoms with Crippen molar-refractivity contribution in [1.29, 1.82) is 0 Å². The van der Waals surface area contributed by atoms with Crippen molar-refractivity contribution in [2.24, 2.45) is 0 Å². The van der Waals surface area contributed by atoms with Crippen LogP contribution in [0.15, 0.2) is 78.9 Å². The summed E-state index contributed by atoms with van der Waals surface area (Å²) in [7, 11) is 0. The number of nitrogens with one attached hydrogen (secondary N) is 1. The molecule has 0 saturated carbocycles. The Kier molecular flexibility index (Phi) is 10.4. The van der Waals surface area contributed by atoms with Crippen LogP contribution >= 0.6 is 0 Å². The van der Waals surface area contributed by atoms with Gasteiger partial charge in [-0.3, -0.25) is 14.5 Å². The molecule has 0 heterocycles. The number of amides is 1. The third kappa shape index (κ3) is 8.00.